The Hall–Kier alpha value is -0.610. The summed E-state index contributed by atoms with van der Waals surface area (Å²) in [5, 5.41) is 3.46. The number of hydrogen-bond acceptors (Lipinski definition) is 3. The summed E-state index contributed by atoms with van der Waals surface area (Å²) in [6.45, 7) is 9.26. The number of hydrogen-bond donors (Lipinski definition) is 2. The van der Waals surface area contributed by atoms with Gasteiger partial charge in [-0.3, -0.25) is 9.69 Å². The lowest BCUT2D eigenvalue weighted by Gasteiger charge is -2.35. The number of amides is 1. The number of piperidine rings is 1. The molecule has 0 bridgehead atoms. The van der Waals surface area contributed by atoms with Gasteiger partial charge in [-0.15, -0.1) is 0 Å². The molecule has 4 nitrogen and oxygen atoms in total. The van der Waals surface area contributed by atoms with Crippen LogP contribution in [0.25, 0.3) is 0 Å². The van der Waals surface area contributed by atoms with Crippen LogP contribution >= 0.6 is 0 Å². The van der Waals surface area contributed by atoms with E-state index in [2.05, 4.69) is 24.1 Å². The van der Waals surface area contributed by atoms with E-state index in [0.717, 1.165) is 19.6 Å². The van der Waals surface area contributed by atoms with Crippen LogP contribution in [-0.2, 0) is 4.79 Å². The fraction of sp³-hybridized carbons (Fsp3) is 0.917. The molecule has 3 N–H and O–H groups in total. The molecule has 1 aliphatic rings. The van der Waals surface area contributed by atoms with Gasteiger partial charge in [0.15, 0.2) is 0 Å². The molecule has 1 aliphatic heterocycles. The molecule has 1 fully saturated rings. The second-order valence-corrected chi connectivity index (χ2v) is 5.14. The number of likely N-dealkylation sites (tertiary alicyclic amines) is 1. The third-order valence-electron chi connectivity index (χ3n) is 3.32. The fourth-order valence-corrected chi connectivity index (χ4v) is 2.20. The Morgan fingerprint density at radius 3 is 2.75 bits per heavy atom. The lowest BCUT2D eigenvalue weighted by atomic mass is 9.96. The summed E-state index contributed by atoms with van der Waals surface area (Å²) in [6.07, 6.45) is 2.42. The summed E-state index contributed by atoms with van der Waals surface area (Å²) >= 11 is 0. The summed E-state index contributed by atoms with van der Waals surface area (Å²) in [5.74, 6) is 0.440. The zero-order chi connectivity index (χ0) is 12.1. The van der Waals surface area contributed by atoms with Crippen LogP contribution in [0.5, 0.6) is 0 Å². The van der Waals surface area contributed by atoms with E-state index < -0.39 is 0 Å². The lowest BCUT2D eigenvalue weighted by Crippen LogP contribution is -2.49. The molecule has 16 heavy (non-hydrogen) atoms. The maximum absolute atomic E-state index is 11.1. The van der Waals surface area contributed by atoms with Crippen molar-refractivity contribution in [3.63, 3.8) is 0 Å². The van der Waals surface area contributed by atoms with E-state index in [0.29, 0.717) is 12.0 Å². The highest BCUT2D eigenvalue weighted by Crippen LogP contribution is 2.17. The quantitative estimate of drug-likeness (QED) is 0.722. The van der Waals surface area contributed by atoms with E-state index in [1.54, 1.807) is 0 Å². The normalized spacial score (nSPS) is 24.6. The van der Waals surface area contributed by atoms with Crippen LogP contribution in [0.2, 0.25) is 0 Å². The van der Waals surface area contributed by atoms with Gasteiger partial charge in [-0.25, -0.2) is 0 Å². The number of carbonyl (C=O) groups excluding carboxylic acids is 1. The van der Waals surface area contributed by atoms with Crippen LogP contribution in [0.1, 0.15) is 33.6 Å². The van der Waals surface area contributed by atoms with Crippen molar-refractivity contribution < 1.29 is 4.79 Å². The molecule has 0 radical (unpaired) electrons. The number of nitrogens with two attached hydrogens (primary N) is 1. The standard InChI is InChI=1S/C12H25N3O/c1-9(2)14-7-11-5-4-6-15(8-11)10(3)12(13)16/h9-11,14H,4-8H2,1-3H3,(H2,13,16). The van der Waals surface area contributed by atoms with Crippen molar-refractivity contribution in [1.29, 1.82) is 0 Å². The summed E-state index contributed by atoms with van der Waals surface area (Å²) in [5.41, 5.74) is 5.34. The highest BCUT2D eigenvalue weighted by molar-refractivity contribution is 5.79. The van der Waals surface area contributed by atoms with Gasteiger partial charge in [0.25, 0.3) is 0 Å². The topological polar surface area (TPSA) is 58.4 Å². The first-order chi connectivity index (χ1) is 7.50. The smallest absolute Gasteiger partial charge is 0.234 e. The molecule has 0 aromatic carbocycles. The van der Waals surface area contributed by atoms with Gasteiger partial charge in [-0.2, -0.15) is 0 Å². The van der Waals surface area contributed by atoms with Crippen molar-refractivity contribution in [3.8, 4) is 0 Å². The van der Waals surface area contributed by atoms with Gasteiger partial charge in [-0.05, 0) is 38.8 Å². The third kappa shape index (κ3) is 4.10. The number of nitrogens with zero attached hydrogens (tertiary/aromatic N) is 1. The predicted octanol–water partition coefficient (Wildman–Crippen LogP) is 0.570. The molecule has 1 heterocycles. The van der Waals surface area contributed by atoms with Gasteiger partial charge in [0.05, 0.1) is 6.04 Å². The molecule has 0 aromatic heterocycles. The molecule has 0 aromatic rings. The minimum atomic E-state index is -0.211. The SMILES string of the molecule is CC(C)NCC1CCCN(C(C)C(N)=O)C1. The molecule has 2 unspecified atom stereocenters. The molecule has 0 saturated carbocycles. The molecule has 4 heteroatoms. The average molecular weight is 227 g/mol. The van der Waals surface area contributed by atoms with Crippen molar-refractivity contribution in [2.75, 3.05) is 19.6 Å². The number of carbonyl (C=O) groups is 1. The van der Waals surface area contributed by atoms with Crippen LogP contribution in [-0.4, -0.2) is 42.5 Å². The number of rotatable bonds is 5. The van der Waals surface area contributed by atoms with Crippen molar-refractivity contribution in [1.82, 2.24) is 10.2 Å². The monoisotopic (exact) mass is 227 g/mol. The van der Waals surface area contributed by atoms with Crippen LogP contribution in [0.3, 0.4) is 0 Å². The Kier molecular flexibility index (Phi) is 5.22. The van der Waals surface area contributed by atoms with E-state index in [1.807, 2.05) is 6.92 Å². The highest BCUT2D eigenvalue weighted by atomic mass is 16.1. The van der Waals surface area contributed by atoms with Crippen LogP contribution in [0, 0.1) is 5.92 Å². The Labute approximate surface area is 98.6 Å². The van der Waals surface area contributed by atoms with Crippen LogP contribution in [0.4, 0.5) is 0 Å². The summed E-state index contributed by atoms with van der Waals surface area (Å²) < 4.78 is 0. The summed E-state index contributed by atoms with van der Waals surface area (Å²) in [7, 11) is 0. The molecule has 2 atom stereocenters. The van der Waals surface area contributed by atoms with E-state index in [4.69, 9.17) is 5.73 Å². The molecule has 1 rings (SSSR count). The highest BCUT2D eigenvalue weighted by Gasteiger charge is 2.25. The van der Waals surface area contributed by atoms with Gasteiger partial charge in [0.2, 0.25) is 5.91 Å². The van der Waals surface area contributed by atoms with Crippen molar-refractivity contribution in [3.05, 3.63) is 0 Å². The maximum atomic E-state index is 11.1. The van der Waals surface area contributed by atoms with Crippen LogP contribution in [0.15, 0.2) is 0 Å². The minimum Gasteiger partial charge on any atom is -0.368 e. The molecule has 94 valence electrons. The Bertz CT molecular complexity index is 230. The van der Waals surface area contributed by atoms with E-state index in [-0.39, 0.29) is 11.9 Å². The van der Waals surface area contributed by atoms with Crippen LogP contribution < -0.4 is 11.1 Å². The first kappa shape index (κ1) is 13.5. The first-order valence-electron chi connectivity index (χ1n) is 6.27. The Morgan fingerprint density at radius 2 is 2.19 bits per heavy atom. The third-order valence-corrected chi connectivity index (χ3v) is 3.32. The fourth-order valence-electron chi connectivity index (χ4n) is 2.20. The number of primary amides is 1. The molecular weight excluding hydrogens is 202 g/mol. The molecule has 1 amide bonds. The lowest BCUT2D eigenvalue weighted by molar-refractivity contribution is -0.123. The zero-order valence-electron chi connectivity index (χ0n) is 10.7. The zero-order valence-corrected chi connectivity index (χ0v) is 10.7. The van der Waals surface area contributed by atoms with E-state index >= 15 is 0 Å². The van der Waals surface area contributed by atoms with E-state index in [9.17, 15) is 4.79 Å². The largest absolute Gasteiger partial charge is 0.368 e. The van der Waals surface area contributed by atoms with Gasteiger partial charge in [-0.1, -0.05) is 13.8 Å². The number of nitrogens with one attached hydrogen (secondary N) is 1. The molecular formula is C12H25N3O. The van der Waals surface area contributed by atoms with Gasteiger partial charge < -0.3 is 11.1 Å². The van der Waals surface area contributed by atoms with Gasteiger partial charge in [0, 0.05) is 12.6 Å². The second kappa shape index (κ2) is 6.21. The molecule has 1 saturated heterocycles. The van der Waals surface area contributed by atoms with E-state index in [1.165, 1.54) is 12.8 Å². The maximum Gasteiger partial charge on any atom is 0.234 e. The van der Waals surface area contributed by atoms with Crippen molar-refractivity contribution in [2.24, 2.45) is 11.7 Å². The summed E-state index contributed by atoms with van der Waals surface area (Å²) in [6, 6.07) is 0.408. The minimum absolute atomic E-state index is 0.123. The Morgan fingerprint density at radius 1 is 1.50 bits per heavy atom. The van der Waals surface area contributed by atoms with Gasteiger partial charge >= 0.3 is 0 Å². The average Bonchev–Trinajstić information content (AvgIpc) is 2.25. The first-order valence-corrected chi connectivity index (χ1v) is 6.27. The molecule has 0 aliphatic carbocycles. The van der Waals surface area contributed by atoms with Crippen molar-refractivity contribution in [2.45, 2.75) is 45.7 Å². The molecule has 0 spiro atoms. The Balaban J connectivity index is 2.38. The van der Waals surface area contributed by atoms with Crippen molar-refractivity contribution >= 4 is 5.91 Å². The predicted molar refractivity (Wildman–Crippen MR) is 66.1 cm³/mol. The van der Waals surface area contributed by atoms with Gasteiger partial charge in [0.1, 0.15) is 0 Å². The second-order valence-electron chi connectivity index (χ2n) is 5.14. The summed E-state index contributed by atoms with van der Waals surface area (Å²) in [4.78, 5) is 13.3.